The average Bonchev–Trinajstić information content (AvgIpc) is 2.85. The quantitative estimate of drug-likeness (QED) is 0.207. The minimum absolute atomic E-state index is 0.00238. The fraction of sp³-hybridized carbons (Fsp3) is 0.781. The minimum atomic E-state index is -0.204. The van der Waals surface area contributed by atoms with E-state index in [4.69, 9.17) is 9.57 Å². The van der Waals surface area contributed by atoms with Crippen LogP contribution in [0.2, 0.25) is 0 Å². The Morgan fingerprint density at radius 2 is 1.76 bits per heavy atom. The van der Waals surface area contributed by atoms with E-state index in [9.17, 15) is 14.4 Å². The first kappa shape index (κ1) is 27.6. The summed E-state index contributed by atoms with van der Waals surface area (Å²) in [7, 11) is 0. The molecule has 6 heteroatoms. The Kier molecular flexibility index (Phi) is 7.20. The van der Waals surface area contributed by atoms with E-state index >= 15 is 0 Å². The van der Waals surface area contributed by atoms with Crippen LogP contribution in [0.1, 0.15) is 92.4 Å². The summed E-state index contributed by atoms with van der Waals surface area (Å²) in [5, 5.41) is 0. The average molecular weight is 526 g/mol. The van der Waals surface area contributed by atoms with Gasteiger partial charge in [0.2, 0.25) is 5.91 Å². The molecule has 10 atom stereocenters. The van der Waals surface area contributed by atoms with Crippen LogP contribution >= 0.6 is 0 Å². The van der Waals surface area contributed by atoms with Gasteiger partial charge in [-0.05, 0) is 104 Å². The van der Waals surface area contributed by atoms with Crippen molar-refractivity contribution in [3.8, 4) is 0 Å². The zero-order chi connectivity index (χ0) is 27.5. The topological polar surface area (TPSA) is 81.7 Å². The molecule has 1 amide bonds. The highest BCUT2D eigenvalue weighted by atomic mass is 16.6. The van der Waals surface area contributed by atoms with Crippen LogP contribution in [0.15, 0.2) is 24.3 Å². The summed E-state index contributed by atoms with van der Waals surface area (Å²) in [6, 6.07) is 0. The predicted molar refractivity (Wildman–Crippen MR) is 145 cm³/mol. The molecular formula is C32H47NO5. The van der Waals surface area contributed by atoms with Crippen molar-refractivity contribution >= 4 is 17.7 Å². The molecule has 0 aromatic heterocycles. The van der Waals surface area contributed by atoms with Crippen molar-refractivity contribution < 1.29 is 24.0 Å². The molecular weight excluding hydrogens is 478 g/mol. The van der Waals surface area contributed by atoms with E-state index in [-0.39, 0.29) is 57.9 Å². The van der Waals surface area contributed by atoms with Crippen molar-refractivity contribution in [3.05, 3.63) is 24.3 Å². The molecule has 0 spiro atoms. The molecule has 0 saturated heterocycles. The number of ether oxygens (including phenoxy) is 1. The molecule has 0 aromatic carbocycles. The van der Waals surface area contributed by atoms with Gasteiger partial charge in [-0.3, -0.25) is 19.2 Å². The Bertz CT molecular complexity index is 1030. The van der Waals surface area contributed by atoms with Crippen molar-refractivity contribution in [1.29, 1.82) is 0 Å². The molecule has 6 nitrogen and oxygen atoms in total. The highest BCUT2D eigenvalue weighted by Gasteiger charge is 2.65. The van der Waals surface area contributed by atoms with Crippen molar-refractivity contribution in [3.63, 3.8) is 0 Å². The van der Waals surface area contributed by atoms with Gasteiger partial charge in [-0.2, -0.15) is 0 Å². The maximum Gasteiger partial charge on any atom is 0.302 e. The number of nitrogens with one attached hydrogen (secondary N) is 1. The molecule has 0 radical (unpaired) electrons. The third kappa shape index (κ3) is 4.30. The highest BCUT2D eigenvalue weighted by Crippen LogP contribution is 2.69. The summed E-state index contributed by atoms with van der Waals surface area (Å²) in [6.45, 7) is 14.8. The van der Waals surface area contributed by atoms with Crippen LogP contribution in [-0.2, 0) is 24.0 Å². The molecule has 0 heterocycles. The molecule has 10 unspecified atom stereocenters. The van der Waals surface area contributed by atoms with Crippen LogP contribution < -0.4 is 5.48 Å². The van der Waals surface area contributed by atoms with Gasteiger partial charge in [0.1, 0.15) is 6.10 Å². The lowest BCUT2D eigenvalue weighted by molar-refractivity contribution is -0.180. The molecule has 38 heavy (non-hydrogen) atoms. The SMILES string of the molecule is C=CCONC(=O)C1CCC2(C)CCC3C(=CC(=O)C4C3(C)CCC3C(C)C(OC(C)=O)CCC34C)C2C1. The number of ketones is 1. The zero-order valence-corrected chi connectivity index (χ0v) is 24.0. The number of carbonyl (C=O) groups is 3. The Balaban J connectivity index is 1.43. The Morgan fingerprint density at radius 3 is 2.47 bits per heavy atom. The molecule has 5 aliphatic carbocycles. The Morgan fingerprint density at radius 1 is 1.05 bits per heavy atom. The second-order valence-electron chi connectivity index (χ2n) is 14.0. The zero-order valence-electron chi connectivity index (χ0n) is 24.0. The van der Waals surface area contributed by atoms with Crippen LogP contribution in [0.25, 0.3) is 0 Å². The predicted octanol–water partition coefficient (Wildman–Crippen LogP) is 5.96. The Labute approximate surface area is 228 Å². The van der Waals surface area contributed by atoms with Crippen molar-refractivity contribution in [1.82, 2.24) is 5.48 Å². The fourth-order valence-corrected chi connectivity index (χ4v) is 10.2. The number of carbonyl (C=O) groups excluding carboxylic acids is 3. The van der Waals surface area contributed by atoms with Crippen LogP contribution in [0.5, 0.6) is 0 Å². The van der Waals surface area contributed by atoms with Gasteiger partial charge in [0.25, 0.3) is 0 Å². The van der Waals surface area contributed by atoms with Crippen molar-refractivity contribution in [2.24, 2.45) is 51.8 Å². The van der Waals surface area contributed by atoms with Gasteiger partial charge in [0, 0.05) is 18.8 Å². The van der Waals surface area contributed by atoms with E-state index in [1.165, 1.54) is 12.5 Å². The molecule has 5 aliphatic rings. The molecule has 0 bridgehead atoms. The first-order chi connectivity index (χ1) is 17.9. The van der Waals surface area contributed by atoms with E-state index in [0.29, 0.717) is 24.2 Å². The van der Waals surface area contributed by atoms with Crippen LogP contribution in [0.3, 0.4) is 0 Å². The van der Waals surface area contributed by atoms with Crippen molar-refractivity contribution in [2.45, 2.75) is 98.5 Å². The van der Waals surface area contributed by atoms with Crippen LogP contribution in [0.4, 0.5) is 0 Å². The molecule has 0 aliphatic heterocycles. The number of hydrogen-bond acceptors (Lipinski definition) is 5. The molecule has 5 rings (SSSR count). The normalized spacial score (nSPS) is 45.9. The number of hydroxylamine groups is 1. The summed E-state index contributed by atoms with van der Waals surface area (Å²) in [5.41, 5.74) is 3.94. The van der Waals surface area contributed by atoms with Gasteiger partial charge in [-0.1, -0.05) is 39.3 Å². The third-order valence-corrected chi connectivity index (χ3v) is 12.0. The third-order valence-electron chi connectivity index (χ3n) is 12.0. The molecule has 210 valence electrons. The lowest BCUT2D eigenvalue weighted by Gasteiger charge is -2.65. The minimum Gasteiger partial charge on any atom is -0.462 e. The number of allylic oxidation sites excluding steroid dienone is 2. The second-order valence-corrected chi connectivity index (χ2v) is 14.0. The second kappa shape index (κ2) is 9.91. The molecule has 0 aromatic rings. The number of rotatable bonds is 5. The van der Waals surface area contributed by atoms with Crippen molar-refractivity contribution in [2.75, 3.05) is 6.61 Å². The lowest BCUT2D eigenvalue weighted by atomic mass is 9.38. The van der Waals surface area contributed by atoms with Gasteiger partial charge in [0.15, 0.2) is 5.78 Å². The van der Waals surface area contributed by atoms with Gasteiger partial charge in [-0.15, -0.1) is 6.58 Å². The maximum atomic E-state index is 14.2. The van der Waals surface area contributed by atoms with E-state index in [2.05, 4.69) is 39.8 Å². The highest BCUT2D eigenvalue weighted by molar-refractivity contribution is 5.95. The molecule has 4 saturated carbocycles. The summed E-state index contributed by atoms with van der Waals surface area (Å²) >= 11 is 0. The fourth-order valence-electron chi connectivity index (χ4n) is 10.2. The van der Waals surface area contributed by atoms with Gasteiger partial charge in [-0.25, -0.2) is 5.48 Å². The van der Waals surface area contributed by atoms with E-state index < -0.39 is 0 Å². The van der Waals surface area contributed by atoms with Gasteiger partial charge < -0.3 is 4.74 Å². The Hall–Kier alpha value is -1.95. The molecule has 1 N–H and O–H groups in total. The number of fused-ring (bicyclic) bond motifs is 7. The summed E-state index contributed by atoms with van der Waals surface area (Å²) in [6.07, 6.45) is 12.4. The first-order valence-electron chi connectivity index (χ1n) is 14.9. The van der Waals surface area contributed by atoms with Gasteiger partial charge >= 0.3 is 5.97 Å². The van der Waals surface area contributed by atoms with Crippen LogP contribution in [0, 0.1) is 51.8 Å². The number of amides is 1. The van der Waals surface area contributed by atoms with E-state index in [0.717, 1.165) is 57.8 Å². The largest absolute Gasteiger partial charge is 0.462 e. The number of hydrogen-bond donors (Lipinski definition) is 1. The number of esters is 1. The lowest BCUT2D eigenvalue weighted by Crippen LogP contribution is -2.62. The van der Waals surface area contributed by atoms with E-state index in [1.807, 2.05) is 6.08 Å². The van der Waals surface area contributed by atoms with Crippen LogP contribution in [-0.4, -0.2) is 30.4 Å². The molecule has 4 fully saturated rings. The summed E-state index contributed by atoms with van der Waals surface area (Å²) in [5.74, 6) is 1.25. The maximum absolute atomic E-state index is 14.2. The standard InChI is InChI=1S/C32H47NO5/c1-7-16-37-33-29(36)21-8-12-30(4)13-9-24-22(25(30)17-21)18-26(35)28-31(5)15-11-27(38-20(3)34)19(2)23(31)10-14-32(24,28)6/h7,18-19,21,23-25,27-28H,1,8-17H2,2-6H3,(H,33,36). The van der Waals surface area contributed by atoms with E-state index in [1.54, 1.807) is 6.08 Å². The first-order valence-corrected chi connectivity index (χ1v) is 14.9. The monoisotopic (exact) mass is 525 g/mol. The smallest absolute Gasteiger partial charge is 0.302 e. The summed E-state index contributed by atoms with van der Waals surface area (Å²) < 4.78 is 5.72. The summed E-state index contributed by atoms with van der Waals surface area (Å²) in [4.78, 5) is 44.1. The van der Waals surface area contributed by atoms with Gasteiger partial charge in [0.05, 0.1) is 6.61 Å².